The molecule has 0 saturated carbocycles. The summed E-state index contributed by atoms with van der Waals surface area (Å²) >= 11 is 5.97. The van der Waals surface area contributed by atoms with Crippen molar-refractivity contribution in [2.75, 3.05) is 6.54 Å². The van der Waals surface area contributed by atoms with Crippen molar-refractivity contribution in [2.45, 2.75) is 31.4 Å². The van der Waals surface area contributed by atoms with Gasteiger partial charge in [0.15, 0.2) is 0 Å². The third kappa shape index (κ3) is 2.48. The van der Waals surface area contributed by atoms with Crippen molar-refractivity contribution in [3.63, 3.8) is 0 Å². The summed E-state index contributed by atoms with van der Waals surface area (Å²) in [5.74, 6) is 0.991. The van der Waals surface area contributed by atoms with Crippen LogP contribution in [-0.4, -0.2) is 18.7 Å². The molecule has 1 heterocycles. The molecule has 0 spiro atoms. The van der Waals surface area contributed by atoms with E-state index in [0.717, 1.165) is 36.6 Å². The molecule has 2 nitrogen and oxygen atoms in total. The molecule has 1 atom stereocenters. The first-order valence-corrected chi connectivity index (χ1v) is 6.52. The van der Waals surface area contributed by atoms with E-state index < -0.39 is 0 Å². The van der Waals surface area contributed by atoms with Crippen LogP contribution in [0.5, 0.6) is 5.75 Å². The predicted molar refractivity (Wildman–Crippen MR) is 69.7 cm³/mol. The Hall–Kier alpha value is -0.990. The molecule has 1 N–H and O–H groups in total. The smallest absolute Gasteiger partial charge is 0.123 e. The fraction of sp³-hybridized carbons (Fsp3) is 0.429. The Morgan fingerprint density at radius 3 is 2.94 bits per heavy atom. The number of halogens is 1. The van der Waals surface area contributed by atoms with E-state index in [1.165, 1.54) is 5.56 Å². The van der Waals surface area contributed by atoms with E-state index in [1.807, 2.05) is 18.2 Å². The highest BCUT2D eigenvalue weighted by Gasteiger charge is 2.23. The van der Waals surface area contributed by atoms with E-state index in [-0.39, 0.29) is 6.10 Å². The first kappa shape index (κ1) is 11.1. The maximum atomic E-state index is 5.97. The summed E-state index contributed by atoms with van der Waals surface area (Å²) in [6, 6.07) is 6.46. The van der Waals surface area contributed by atoms with Crippen LogP contribution in [-0.2, 0) is 6.42 Å². The number of hydrogen-bond acceptors (Lipinski definition) is 2. The van der Waals surface area contributed by atoms with Crippen LogP contribution >= 0.6 is 11.6 Å². The van der Waals surface area contributed by atoms with Crippen molar-refractivity contribution in [1.29, 1.82) is 0 Å². The highest BCUT2D eigenvalue weighted by Crippen LogP contribution is 2.30. The average Bonchev–Trinajstić information content (AvgIpc) is 2.94. The highest BCUT2D eigenvalue weighted by molar-refractivity contribution is 6.30. The summed E-state index contributed by atoms with van der Waals surface area (Å²) in [6.45, 7) is 0.915. The van der Waals surface area contributed by atoms with Crippen molar-refractivity contribution in [2.24, 2.45) is 0 Å². The molecule has 0 bridgehead atoms. The van der Waals surface area contributed by atoms with E-state index in [9.17, 15) is 0 Å². The van der Waals surface area contributed by atoms with E-state index in [2.05, 4.69) is 17.5 Å². The van der Waals surface area contributed by atoms with E-state index in [1.54, 1.807) is 0 Å². The monoisotopic (exact) mass is 249 g/mol. The van der Waals surface area contributed by atoms with Crippen molar-refractivity contribution in [1.82, 2.24) is 5.32 Å². The molecule has 90 valence electrons. The van der Waals surface area contributed by atoms with Gasteiger partial charge in [0.25, 0.3) is 0 Å². The molecule has 17 heavy (non-hydrogen) atoms. The number of fused-ring (bicyclic) bond motifs is 1. The summed E-state index contributed by atoms with van der Waals surface area (Å²) < 4.78 is 5.88. The topological polar surface area (TPSA) is 21.3 Å². The Bertz CT molecular complexity index is 436. The predicted octanol–water partition coefficient (Wildman–Crippen LogP) is 2.95. The lowest BCUT2D eigenvalue weighted by atomic mass is 10.1. The molecule has 2 aliphatic rings. The van der Waals surface area contributed by atoms with Crippen LogP contribution in [0.15, 0.2) is 30.4 Å². The first-order chi connectivity index (χ1) is 8.31. The summed E-state index contributed by atoms with van der Waals surface area (Å²) in [4.78, 5) is 0. The Labute approximate surface area is 107 Å². The van der Waals surface area contributed by atoms with Crippen LogP contribution < -0.4 is 10.1 Å². The third-order valence-corrected chi connectivity index (χ3v) is 3.64. The fourth-order valence-electron chi connectivity index (χ4n) is 2.48. The van der Waals surface area contributed by atoms with Gasteiger partial charge in [0, 0.05) is 24.0 Å². The van der Waals surface area contributed by atoms with Gasteiger partial charge in [-0.15, -0.1) is 0 Å². The lowest BCUT2D eigenvalue weighted by Gasteiger charge is -2.16. The number of nitrogens with one attached hydrogen (secondary N) is 1. The quantitative estimate of drug-likeness (QED) is 0.832. The van der Waals surface area contributed by atoms with E-state index in [0.29, 0.717) is 6.04 Å². The molecule has 1 aliphatic carbocycles. The summed E-state index contributed by atoms with van der Waals surface area (Å²) in [5.41, 5.74) is 1.23. The van der Waals surface area contributed by atoms with Crippen molar-refractivity contribution < 1.29 is 4.74 Å². The first-order valence-electron chi connectivity index (χ1n) is 6.15. The zero-order chi connectivity index (χ0) is 11.7. The third-order valence-electron chi connectivity index (χ3n) is 3.41. The molecule has 0 amide bonds. The zero-order valence-corrected chi connectivity index (χ0v) is 10.4. The normalized spacial score (nSPS) is 22.8. The molecule has 0 saturated heterocycles. The average molecular weight is 250 g/mol. The van der Waals surface area contributed by atoms with E-state index >= 15 is 0 Å². The maximum absolute atomic E-state index is 5.97. The van der Waals surface area contributed by atoms with Gasteiger partial charge in [0.1, 0.15) is 11.9 Å². The largest absolute Gasteiger partial charge is 0.488 e. The standard InChI is InChI=1S/C14H16ClNO/c15-11-5-6-14-10(7-11)8-13(17-14)9-16-12-3-1-2-4-12/h1-2,5-7,12-13,16H,3-4,8-9H2. The molecular formula is C14H16ClNO. The molecule has 0 radical (unpaired) electrons. The second kappa shape index (κ2) is 4.71. The SMILES string of the molecule is Clc1ccc2c(c1)CC(CNC1CC=CC1)O2. The Kier molecular flexibility index (Phi) is 3.08. The van der Waals surface area contributed by atoms with Gasteiger partial charge in [-0.3, -0.25) is 0 Å². The minimum absolute atomic E-state index is 0.254. The molecule has 3 rings (SSSR count). The molecule has 1 aromatic rings. The molecule has 1 aromatic carbocycles. The Morgan fingerprint density at radius 1 is 1.29 bits per heavy atom. The van der Waals surface area contributed by atoms with Gasteiger partial charge in [-0.2, -0.15) is 0 Å². The Balaban J connectivity index is 1.55. The summed E-state index contributed by atoms with van der Waals surface area (Å²) in [5, 5.41) is 4.35. The van der Waals surface area contributed by atoms with Crippen molar-refractivity contribution in [3.05, 3.63) is 40.9 Å². The number of ether oxygens (including phenoxy) is 1. The second-order valence-electron chi connectivity index (χ2n) is 4.74. The van der Waals surface area contributed by atoms with Crippen LogP contribution in [0.3, 0.4) is 0 Å². The zero-order valence-electron chi connectivity index (χ0n) is 9.66. The van der Waals surface area contributed by atoms with Gasteiger partial charge in [0.2, 0.25) is 0 Å². The molecule has 0 fully saturated rings. The number of hydrogen-bond donors (Lipinski definition) is 1. The van der Waals surface area contributed by atoms with Gasteiger partial charge in [-0.25, -0.2) is 0 Å². The number of rotatable bonds is 3. The lowest BCUT2D eigenvalue weighted by Crippen LogP contribution is -2.36. The van der Waals surface area contributed by atoms with Crippen LogP contribution in [0, 0.1) is 0 Å². The van der Waals surface area contributed by atoms with Crippen LogP contribution in [0.4, 0.5) is 0 Å². The van der Waals surface area contributed by atoms with Gasteiger partial charge in [-0.05, 0) is 36.6 Å². The molecular weight excluding hydrogens is 234 g/mol. The molecule has 1 aliphatic heterocycles. The Morgan fingerprint density at radius 2 is 2.12 bits per heavy atom. The fourth-order valence-corrected chi connectivity index (χ4v) is 2.68. The maximum Gasteiger partial charge on any atom is 0.123 e. The number of benzene rings is 1. The van der Waals surface area contributed by atoms with Gasteiger partial charge >= 0.3 is 0 Å². The van der Waals surface area contributed by atoms with Gasteiger partial charge < -0.3 is 10.1 Å². The van der Waals surface area contributed by atoms with Crippen LogP contribution in [0.1, 0.15) is 18.4 Å². The minimum Gasteiger partial charge on any atom is -0.488 e. The molecule has 3 heteroatoms. The minimum atomic E-state index is 0.254. The molecule has 1 unspecified atom stereocenters. The van der Waals surface area contributed by atoms with Gasteiger partial charge in [0.05, 0.1) is 0 Å². The molecule has 0 aromatic heterocycles. The van der Waals surface area contributed by atoms with Crippen LogP contribution in [0.25, 0.3) is 0 Å². The van der Waals surface area contributed by atoms with Crippen molar-refractivity contribution >= 4 is 11.6 Å². The van der Waals surface area contributed by atoms with Crippen LogP contribution in [0.2, 0.25) is 5.02 Å². The highest BCUT2D eigenvalue weighted by atomic mass is 35.5. The second-order valence-corrected chi connectivity index (χ2v) is 5.18. The summed E-state index contributed by atoms with van der Waals surface area (Å²) in [6.07, 6.45) is 7.98. The van der Waals surface area contributed by atoms with Crippen molar-refractivity contribution in [3.8, 4) is 5.75 Å². The van der Waals surface area contributed by atoms with Gasteiger partial charge in [-0.1, -0.05) is 23.8 Å². The summed E-state index contributed by atoms with van der Waals surface area (Å²) in [7, 11) is 0. The van der Waals surface area contributed by atoms with E-state index in [4.69, 9.17) is 16.3 Å². The lowest BCUT2D eigenvalue weighted by molar-refractivity contribution is 0.222.